The van der Waals surface area contributed by atoms with Crippen LogP contribution in [0.4, 0.5) is 5.69 Å². The predicted molar refractivity (Wildman–Crippen MR) is 111 cm³/mol. The van der Waals surface area contributed by atoms with E-state index >= 15 is 0 Å². The Kier molecular flexibility index (Phi) is 6.47. The van der Waals surface area contributed by atoms with E-state index in [-0.39, 0.29) is 5.91 Å². The summed E-state index contributed by atoms with van der Waals surface area (Å²) in [5.41, 5.74) is 6.92. The third kappa shape index (κ3) is 4.54. The van der Waals surface area contributed by atoms with Crippen molar-refractivity contribution >= 4 is 34.7 Å². The summed E-state index contributed by atoms with van der Waals surface area (Å²) in [5, 5.41) is 5.18. The van der Waals surface area contributed by atoms with Crippen molar-refractivity contribution in [1.29, 1.82) is 0 Å². The van der Waals surface area contributed by atoms with Crippen LogP contribution in [-0.2, 0) is 18.6 Å². The molecule has 0 saturated carbocycles. The highest BCUT2D eigenvalue weighted by atomic mass is 32.2. The Hall–Kier alpha value is -2.11. The van der Waals surface area contributed by atoms with E-state index in [2.05, 4.69) is 47.7 Å². The molecule has 0 radical (unpaired) electrons. The second-order valence-electron chi connectivity index (χ2n) is 5.91. The highest BCUT2D eigenvalue weighted by Gasteiger charge is 2.12. The first-order valence-electron chi connectivity index (χ1n) is 8.73. The second-order valence-corrected chi connectivity index (χ2v) is 7.67. The standard InChI is InChI=1S/C21H22N2OS2/c1-3-15-6-5-7-16(4-2)20(15)23-21(24)17-8-10-19(11-9-17)26-13-18-12-25-14-22-18/h5-12,14H,3-4,13H2,1-2H3,(H,23,24). The molecule has 0 aliphatic rings. The number of aromatic nitrogens is 1. The SMILES string of the molecule is CCc1cccc(CC)c1NC(=O)c1ccc(SCc2cscn2)cc1. The molecule has 5 heteroatoms. The molecule has 0 saturated heterocycles. The minimum Gasteiger partial charge on any atom is -0.321 e. The topological polar surface area (TPSA) is 42.0 Å². The lowest BCUT2D eigenvalue weighted by molar-refractivity contribution is 0.102. The van der Waals surface area contributed by atoms with E-state index in [1.54, 1.807) is 23.1 Å². The maximum absolute atomic E-state index is 12.7. The van der Waals surface area contributed by atoms with Gasteiger partial charge in [-0.3, -0.25) is 4.79 Å². The van der Waals surface area contributed by atoms with Crippen molar-refractivity contribution in [3.8, 4) is 0 Å². The maximum Gasteiger partial charge on any atom is 0.255 e. The minimum atomic E-state index is -0.0587. The summed E-state index contributed by atoms with van der Waals surface area (Å²) in [6, 6.07) is 14.0. The van der Waals surface area contributed by atoms with E-state index in [1.165, 1.54) is 11.1 Å². The van der Waals surface area contributed by atoms with Gasteiger partial charge in [0.1, 0.15) is 0 Å². The normalized spacial score (nSPS) is 10.7. The van der Waals surface area contributed by atoms with E-state index < -0.39 is 0 Å². The average molecular weight is 383 g/mol. The van der Waals surface area contributed by atoms with Gasteiger partial charge in [0.05, 0.1) is 11.2 Å². The van der Waals surface area contributed by atoms with Crippen LogP contribution in [0.5, 0.6) is 0 Å². The number of nitrogens with one attached hydrogen (secondary N) is 1. The van der Waals surface area contributed by atoms with Gasteiger partial charge in [-0.25, -0.2) is 4.98 Å². The molecular weight excluding hydrogens is 360 g/mol. The molecule has 134 valence electrons. The van der Waals surface area contributed by atoms with Gasteiger partial charge in [0.25, 0.3) is 5.91 Å². The first-order valence-corrected chi connectivity index (χ1v) is 10.7. The van der Waals surface area contributed by atoms with Crippen LogP contribution in [0.25, 0.3) is 0 Å². The molecule has 0 spiro atoms. The molecule has 0 fully saturated rings. The number of para-hydroxylation sites is 1. The van der Waals surface area contributed by atoms with Gasteiger partial charge in [0.15, 0.2) is 0 Å². The van der Waals surface area contributed by atoms with E-state index in [0.29, 0.717) is 5.56 Å². The second kappa shape index (κ2) is 9.01. The van der Waals surface area contributed by atoms with Gasteiger partial charge in [-0.1, -0.05) is 32.0 Å². The van der Waals surface area contributed by atoms with E-state index in [4.69, 9.17) is 0 Å². The summed E-state index contributed by atoms with van der Waals surface area (Å²) in [5.74, 6) is 0.787. The highest BCUT2D eigenvalue weighted by Crippen LogP contribution is 2.25. The molecule has 26 heavy (non-hydrogen) atoms. The molecule has 3 aromatic rings. The number of benzene rings is 2. The Bertz CT molecular complexity index is 836. The lowest BCUT2D eigenvalue weighted by Crippen LogP contribution is -2.14. The lowest BCUT2D eigenvalue weighted by atomic mass is 10.0. The van der Waals surface area contributed by atoms with Crippen LogP contribution in [-0.4, -0.2) is 10.9 Å². The summed E-state index contributed by atoms with van der Waals surface area (Å²) in [6.07, 6.45) is 1.80. The van der Waals surface area contributed by atoms with Crippen molar-refractivity contribution < 1.29 is 4.79 Å². The Morgan fingerprint density at radius 1 is 1.08 bits per heavy atom. The zero-order chi connectivity index (χ0) is 18.4. The van der Waals surface area contributed by atoms with Crippen molar-refractivity contribution in [3.05, 3.63) is 75.7 Å². The highest BCUT2D eigenvalue weighted by molar-refractivity contribution is 7.98. The number of thiazole rings is 1. The average Bonchev–Trinajstić information content (AvgIpc) is 3.20. The van der Waals surface area contributed by atoms with Crippen molar-refractivity contribution in [2.75, 3.05) is 5.32 Å². The molecule has 2 aromatic carbocycles. The fourth-order valence-electron chi connectivity index (χ4n) is 2.76. The number of thioether (sulfide) groups is 1. The largest absolute Gasteiger partial charge is 0.321 e. The number of hydrogen-bond acceptors (Lipinski definition) is 4. The fourth-order valence-corrected chi connectivity index (χ4v) is 4.22. The lowest BCUT2D eigenvalue weighted by Gasteiger charge is -2.14. The van der Waals surface area contributed by atoms with E-state index in [1.807, 2.05) is 29.8 Å². The summed E-state index contributed by atoms with van der Waals surface area (Å²) < 4.78 is 0. The van der Waals surface area contributed by atoms with Crippen molar-refractivity contribution in [2.45, 2.75) is 37.3 Å². The zero-order valence-corrected chi connectivity index (χ0v) is 16.6. The number of carbonyl (C=O) groups excluding carboxylic acids is 1. The number of rotatable bonds is 7. The molecule has 0 aliphatic carbocycles. The molecule has 1 heterocycles. The third-order valence-corrected chi connectivity index (χ3v) is 5.90. The van der Waals surface area contributed by atoms with Crippen molar-refractivity contribution in [1.82, 2.24) is 4.98 Å². The van der Waals surface area contributed by atoms with Crippen LogP contribution < -0.4 is 5.32 Å². The summed E-state index contributed by atoms with van der Waals surface area (Å²) >= 11 is 3.34. The first kappa shape index (κ1) is 18.7. The quantitative estimate of drug-likeness (QED) is 0.524. The van der Waals surface area contributed by atoms with Crippen LogP contribution in [0, 0.1) is 0 Å². The third-order valence-electron chi connectivity index (χ3n) is 4.22. The molecule has 3 rings (SSSR count). The van der Waals surface area contributed by atoms with Crippen LogP contribution in [0.15, 0.2) is 58.3 Å². The molecule has 1 N–H and O–H groups in total. The number of aryl methyl sites for hydroxylation is 2. The van der Waals surface area contributed by atoms with E-state index in [9.17, 15) is 4.79 Å². The fraction of sp³-hybridized carbons (Fsp3) is 0.238. The monoisotopic (exact) mass is 382 g/mol. The van der Waals surface area contributed by atoms with Crippen LogP contribution in [0.3, 0.4) is 0 Å². The maximum atomic E-state index is 12.7. The smallest absolute Gasteiger partial charge is 0.255 e. The van der Waals surface area contributed by atoms with Gasteiger partial charge in [-0.2, -0.15) is 0 Å². The van der Waals surface area contributed by atoms with Gasteiger partial charge in [-0.05, 0) is 48.2 Å². The molecule has 3 nitrogen and oxygen atoms in total. The first-order chi connectivity index (χ1) is 12.7. The Morgan fingerprint density at radius 2 is 1.77 bits per heavy atom. The van der Waals surface area contributed by atoms with Crippen molar-refractivity contribution in [2.24, 2.45) is 0 Å². The number of carbonyl (C=O) groups is 1. The minimum absolute atomic E-state index is 0.0587. The van der Waals surface area contributed by atoms with Gasteiger partial charge in [0, 0.05) is 27.3 Å². The number of anilines is 1. The Morgan fingerprint density at radius 3 is 2.35 bits per heavy atom. The van der Waals surface area contributed by atoms with Gasteiger partial charge >= 0.3 is 0 Å². The Balaban J connectivity index is 1.69. The van der Waals surface area contributed by atoms with Gasteiger partial charge in [0.2, 0.25) is 0 Å². The van der Waals surface area contributed by atoms with Crippen LogP contribution in [0.1, 0.15) is 41.0 Å². The van der Waals surface area contributed by atoms with E-state index in [0.717, 1.165) is 34.9 Å². The van der Waals surface area contributed by atoms with Gasteiger partial charge in [-0.15, -0.1) is 23.1 Å². The summed E-state index contributed by atoms with van der Waals surface area (Å²) in [7, 11) is 0. The predicted octanol–water partition coefficient (Wildman–Crippen LogP) is 5.81. The summed E-state index contributed by atoms with van der Waals surface area (Å²) in [4.78, 5) is 18.1. The molecule has 0 atom stereocenters. The number of hydrogen-bond donors (Lipinski definition) is 1. The zero-order valence-electron chi connectivity index (χ0n) is 15.0. The molecule has 0 unspecified atom stereocenters. The summed E-state index contributed by atoms with van der Waals surface area (Å²) in [6.45, 7) is 4.22. The number of amides is 1. The molecular formula is C21H22N2OS2. The van der Waals surface area contributed by atoms with Crippen LogP contribution >= 0.6 is 23.1 Å². The van der Waals surface area contributed by atoms with Crippen LogP contribution in [0.2, 0.25) is 0 Å². The Labute approximate surface area is 162 Å². The molecule has 0 bridgehead atoms. The molecule has 1 amide bonds. The molecule has 1 aromatic heterocycles. The number of nitrogens with zero attached hydrogens (tertiary/aromatic N) is 1. The van der Waals surface area contributed by atoms with Crippen molar-refractivity contribution in [3.63, 3.8) is 0 Å². The van der Waals surface area contributed by atoms with Gasteiger partial charge < -0.3 is 5.32 Å². The molecule has 0 aliphatic heterocycles.